The maximum atomic E-state index is 13.8. The third-order valence-corrected chi connectivity index (χ3v) is 2.71. The maximum absolute atomic E-state index is 13.8. The van der Waals surface area contributed by atoms with Gasteiger partial charge in [-0.2, -0.15) is 13.8 Å². The Labute approximate surface area is 131 Å². The molecule has 2 aromatic rings. The second-order valence-corrected chi connectivity index (χ2v) is 4.86. The zero-order valence-corrected chi connectivity index (χ0v) is 12.6. The summed E-state index contributed by atoms with van der Waals surface area (Å²) in [5, 5.41) is 2.81. The fourth-order valence-electron chi connectivity index (χ4n) is 1.83. The molecular weight excluding hydrogens is 311 g/mol. The predicted octanol–water partition coefficient (Wildman–Crippen LogP) is 3.62. The fraction of sp³-hybridized carbons (Fsp3) is 0.333. The molecule has 0 atom stereocenters. The van der Waals surface area contributed by atoms with Crippen LogP contribution in [0.2, 0.25) is 0 Å². The largest absolute Gasteiger partial charge is 0.474 e. The third kappa shape index (κ3) is 5.01. The summed E-state index contributed by atoms with van der Waals surface area (Å²) in [5.41, 5.74) is -0.0234. The van der Waals surface area contributed by atoms with E-state index in [4.69, 9.17) is 4.74 Å². The zero-order chi connectivity index (χ0) is 16.8. The average Bonchev–Trinajstić information content (AvgIpc) is 2.46. The zero-order valence-electron chi connectivity index (χ0n) is 12.6. The van der Waals surface area contributed by atoms with Crippen LogP contribution in [0, 0.1) is 5.82 Å². The molecule has 23 heavy (non-hydrogen) atoms. The van der Waals surface area contributed by atoms with Gasteiger partial charge in [0, 0.05) is 12.1 Å². The summed E-state index contributed by atoms with van der Waals surface area (Å²) in [7, 11) is 0. The molecule has 0 aliphatic rings. The number of nitrogens with one attached hydrogen (secondary N) is 1. The van der Waals surface area contributed by atoms with E-state index >= 15 is 0 Å². The molecule has 0 bridgehead atoms. The average molecular weight is 327 g/mol. The van der Waals surface area contributed by atoms with Gasteiger partial charge in [0.1, 0.15) is 17.4 Å². The molecule has 1 N–H and O–H groups in total. The minimum atomic E-state index is -3.03. The Balaban J connectivity index is 2.11. The van der Waals surface area contributed by atoms with Crippen LogP contribution in [0.5, 0.6) is 11.6 Å². The number of aromatic nitrogens is 2. The van der Waals surface area contributed by atoms with Gasteiger partial charge in [0.2, 0.25) is 5.88 Å². The molecule has 0 radical (unpaired) electrons. The van der Waals surface area contributed by atoms with Gasteiger partial charge in [0.05, 0.1) is 18.5 Å². The van der Waals surface area contributed by atoms with E-state index in [0.29, 0.717) is 11.7 Å². The summed E-state index contributed by atoms with van der Waals surface area (Å²) in [6, 6.07) is 3.74. The van der Waals surface area contributed by atoms with Gasteiger partial charge in [-0.15, -0.1) is 0 Å². The molecule has 1 aromatic heterocycles. The van der Waals surface area contributed by atoms with E-state index in [-0.39, 0.29) is 24.0 Å². The third-order valence-electron chi connectivity index (χ3n) is 2.71. The van der Waals surface area contributed by atoms with E-state index in [9.17, 15) is 13.2 Å². The van der Waals surface area contributed by atoms with Crippen LogP contribution in [0.3, 0.4) is 0 Å². The molecule has 8 heteroatoms. The Bertz CT molecular complexity index is 654. The first-order valence-corrected chi connectivity index (χ1v) is 6.90. The second kappa shape index (κ2) is 7.66. The van der Waals surface area contributed by atoms with Gasteiger partial charge >= 0.3 is 6.61 Å². The lowest BCUT2D eigenvalue weighted by Crippen LogP contribution is -2.11. The Hall–Kier alpha value is -2.51. The van der Waals surface area contributed by atoms with Crippen LogP contribution in [0.1, 0.15) is 19.4 Å². The van der Waals surface area contributed by atoms with Crippen molar-refractivity contribution < 1.29 is 22.6 Å². The monoisotopic (exact) mass is 327 g/mol. The van der Waals surface area contributed by atoms with Gasteiger partial charge in [-0.1, -0.05) is 6.07 Å². The van der Waals surface area contributed by atoms with Crippen molar-refractivity contribution in [3.63, 3.8) is 0 Å². The lowest BCUT2D eigenvalue weighted by Gasteiger charge is -2.13. The lowest BCUT2D eigenvalue weighted by atomic mass is 10.2. The van der Waals surface area contributed by atoms with Crippen LogP contribution >= 0.6 is 0 Å². The molecule has 0 spiro atoms. The maximum Gasteiger partial charge on any atom is 0.387 e. The minimum absolute atomic E-state index is 0.0234. The minimum Gasteiger partial charge on any atom is -0.474 e. The van der Waals surface area contributed by atoms with Crippen molar-refractivity contribution in [2.75, 3.05) is 5.32 Å². The topological polar surface area (TPSA) is 56.3 Å². The first kappa shape index (κ1) is 16.9. The number of benzene rings is 1. The van der Waals surface area contributed by atoms with Crippen molar-refractivity contribution >= 4 is 5.82 Å². The van der Waals surface area contributed by atoms with E-state index in [1.54, 1.807) is 0 Å². The molecular formula is C15H16F3N3O2. The molecule has 5 nitrogen and oxygen atoms in total. The first-order chi connectivity index (χ1) is 11.0. The van der Waals surface area contributed by atoms with E-state index in [2.05, 4.69) is 20.0 Å². The van der Waals surface area contributed by atoms with Crippen LogP contribution in [-0.2, 0) is 6.54 Å². The van der Waals surface area contributed by atoms with Gasteiger partial charge in [-0.3, -0.25) is 4.98 Å². The number of alkyl halides is 2. The molecule has 124 valence electrons. The summed E-state index contributed by atoms with van der Waals surface area (Å²) in [6.45, 7) is 0.566. The summed E-state index contributed by atoms with van der Waals surface area (Å²) in [5.74, 6) is -0.245. The van der Waals surface area contributed by atoms with Crippen LogP contribution in [0.25, 0.3) is 0 Å². The van der Waals surface area contributed by atoms with Crippen molar-refractivity contribution in [1.82, 2.24) is 9.97 Å². The number of ether oxygens (including phenoxy) is 2. The molecule has 0 saturated carbocycles. The molecule has 0 unspecified atom stereocenters. The summed E-state index contributed by atoms with van der Waals surface area (Å²) < 4.78 is 48.3. The van der Waals surface area contributed by atoms with Crippen LogP contribution < -0.4 is 14.8 Å². The highest BCUT2D eigenvalue weighted by molar-refractivity contribution is 5.40. The number of hydrogen-bond donors (Lipinski definition) is 1. The summed E-state index contributed by atoms with van der Waals surface area (Å²) in [4.78, 5) is 8.09. The quantitative estimate of drug-likeness (QED) is 0.842. The molecule has 0 amide bonds. The summed E-state index contributed by atoms with van der Waals surface area (Å²) >= 11 is 0. The second-order valence-electron chi connectivity index (χ2n) is 4.86. The highest BCUT2D eigenvalue weighted by Gasteiger charge is 2.14. The molecule has 0 aliphatic heterocycles. The van der Waals surface area contributed by atoms with Gasteiger partial charge in [0.25, 0.3) is 0 Å². The number of anilines is 1. The van der Waals surface area contributed by atoms with E-state index in [1.165, 1.54) is 30.6 Å². The smallest absolute Gasteiger partial charge is 0.387 e. The molecule has 0 saturated heterocycles. The van der Waals surface area contributed by atoms with Crippen molar-refractivity contribution in [2.24, 2.45) is 0 Å². The number of halogens is 3. The molecule has 1 aromatic carbocycles. The normalized spacial score (nSPS) is 10.9. The Morgan fingerprint density at radius 2 is 1.96 bits per heavy atom. The van der Waals surface area contributed by atoms with E-state index in [0.717, 1.165) is 0 Å². The van der Waals surface area contributed by atoms with Crippen LogP contribution in [0.15, 0.2) is 30.6 Å². The Morgan fingerprint density at radius 3 is 2.65 bits per heavy atom. The molecule has 2 rings (SSSR count). The summed E-state index contributed by atoms with van der Waals surface area (Å²) in [6.07, 6.45) is 2.79. The van der Waals surface area contributed by atoms with Gasteiger partial charge in [0.15, 0.2) is 0 Å². The molecule has 0 aliphatic carbocycles. The predicted molar refractivity (Wildman–Crippen MR) is 78.2 cm³/mol. The molecule has 0 fully saturated rings. The fourth-order valence-corrected chi connectivity index (χ4v) is 1.83. The van der Waals surface area contributed by atoms with E-state index in [1.807, 2.05) is 13.8 Å². The van der Waals surface area contributed by atoms with Crippen molar-refractivity contribution in [1.29, 1.82) is 0 Å². The highest BCUT2D eigenvalue weighted by Crippen LogP contribution is 2.24. The van der Waals surface area contributed by atoms with Crippen LogP contribution in [-0.4, -0.2) is 22.7 Å². The van der Waals surface area contributed by atoms with Crippen molar-refractivity contribution in [3.8, 4) is 11.6 Å². The van der Waals surface area contributed by atoms with Crippen molar-refractivity contribution in [3.05, 3.63) is 42.0 Å². The number of nitrogens with zero attached hydrogens (tertiary/aromatic N) is 2. The van der Waals surface area contributed by atoms with Gasteiger partial charge < -0.3 is 14.8 Å². The van der Waals surface area contributed by atoms with E-state index < -0.39 is 12.4 Å². The Kier molecular flexibility index (Phi) is 5.61. The standard InChI is InChI=1S/C15H16F3N3O2/c1-9(2)22-14-8-19-7-13(21-14)20-6-10-11(16)4-3-5-12(10)23-15(17)18/h3-5,7-9,15H,6H2,1-2H3,(H,20,21). The Morgan fingerprint density at radius 1 is 1.17 bits per heavy atom. The van der Waals surface area contributed by atoms with Crippen molar-refractivity contribution in [2.45, 2.75) is 33.1 Å². The SMILES string of the molecule is CC(C)Oc1cncc(NCc2c(F)cccc2OC(F)F)n1. The number of rotatable bonds is 7. The highest BCUT2D eigenvalue weighted by atomic mass is 19.3. The first-order valence-electron chi connectivity index (χ1n) is 6.90. The lowest BCUT2D eigenvalue weighted by molar-refractivity contribution is -0.0505. The van der Waals surface area contributed by atoms with Gasteiger partial charge in [-0.05, 0) is 26.0 Å². The van der Waals surface area contributed by atoms with Crippen LogP contribution in [0.4, 0.5) is 19.0 Å². The molecule has 1 heterocycles. The van der Waals surface area contributed by atoms with Gasteiger partial charge in [-0.25, -0.2) is 4.39 Å². The number of hydrogen-bond acceptors (Lipinski definition) is 5.